The summed E-state index contributed by atoms with van der Waals surface area (Å²) in [5, 5.41) is 0. The quantitative estimate of drug-likeness (QED) is 0.768. The molecule has 0 saturated heterocycles. The van der Waals surface area contributed by atoms with Crippen LogP contribution in [-0.2, 0) is 15.9 Å². The van der Waals surface area contributed by atoms with Crippen LogP contribution in [-0.4, -0.2) is 20.5 Å². The molecular weight excluding hydrogens is 328 g/mol. The number of aryl methyl sites for hydroxylation is 1. The highest BCUT2D eigenvalue weighted by Crippen LogP contribution is 2.44. The molecule has 1 aliphatic heterocycles. The zero-order valence-electron chi connectivity index (χ0n) is 15.5. The molecule has 2 unspecified atom stereocenters. The molecule has 26 heavy (non-hydrogen) atoms. The summed E-state index contributed by atoms with van der Waals surface area (Å²) in [4.78, 5) is 0. The van der Waals surface area contributed by atoms with Crippen molar-refractivity contribution in [1.82, 2.24) is 0 Å². The molecule has 0 amide bonds. The predicted molar refractivity (Wildman–Crippen MR) is 100 cm³/mol. The Balaban J connectivity index is 1.62. The van der Waals surface area contributed by atoms with E-state index in [1.807, 2.05) is 18.2 Å². The Hall–Kier alpha value is -2.62. The van der Waals surface area contributed by atoms with E-state index in [-0.39, 0.29) is 12.2 Å². The minimum Gasteiger partial charge on any atom is -0.493 e. The normalized spacial score (nSPS) is 21.2. The van der Waals surface area contributed by atoms with Gasteiger partial charge in [0.1, 0.15) is 5.76 Å². The van der Waals surface area contributed by atoms with Crippen LogP contribution in [0.25, 0.3) is 5.76 Å². The summed E-state index contributed by atoms with van der Waals surface area (Å²) >= 11 is 0. The lowest BCUT2D eigenvalue weighted by molar-refractivity contribution is -0.0462. The number of ether oxygens (including phenoxy) is 4. The Morgan fingerprint density at radius 1 is 1.00 bits per heavy atom. The SMILES string of the molecule is CCC1=C(c2ccc(OC)c(OC)c2)OC(C2CCc3ccccc32)O1. The highest BCUT2D eigenvalue weighted by atomic mass is 16.7. The minimum absolute atomic E-state index is 0.267. The molecular formula is C22H24O4. The van der Waals surface area contributed by atoms with E-state index in [4.69, 9.17) is 18.9 Å². The van der Waals surface area contributed by atoms with E-state index in [9.17, 15) is 0 Å². The molecule has 4 nitrogen and oxygen atoms in total. The lowest BCUT2D eigenvalue weighted by Gasteiger charge is -2.20. The van der Waals surface area contributed by atoms with E-state index >= 15 is 0 Å². The number of allylic oxidation sites excluding steroid dienone is 1. The third-order valence-electron chi connectivity index (χ3n) is 5.22. The van der Waals surface area contributed by atoms with E-state index in [0.717, 1.165) is 36.3 Å². The molecule has 2 aromatic carbocycles. The molecule has 0 saturated carbocycles. The Kier molecular flexibility index (Phi) is 4.49. The number of methoxy groups -OCH3 is 2. The molecule has 2 aromatic rings. The molecule has 0 aromatic heterocycles. The van der Waals surface area contributed by atoms with Crippen molar-refractivity contribution >= 4 is 5.76 Å². The van der Waals surface area contributed by atoms with Crippen LogP contribution in [0.3, 0.4) is 0 Å². The van der Waals surface area contributed by atoms with Crippen molar-refractivity contribution in [3.63, 3.8) is 0 Å². The number of benzene rings is 2. The van der Waals surface area contributed by atoms with E-state index in [1.165, 1.54) is 11.1 Å². The van der Waals surface area contributed by atoms with Gasteiger partial charge in [-0.25, -0.2) is 0 Å². The molecule has 4 heteroatoms. The van der Waals surface area contributed by atoms with Gasteiger partial charge < -0.3 is 18.9 Å². The molecule has 1 aliphatic carbocycles. The number of rotatable bonds is 5. The first-order valence-corrected chi connectivity index (χ1v) is 9.11. The summed E-state index contributed by atoms with van der Waals surface area (Å²) < 4.78 is 23.3. The van der Waals surface area contributed by atoms with Gasteiger partial charge in [0.15, 0.2) is 17.3 Å². The molecule has 2 atom stereocenters. The maximum absolute atomic E-state index is 6.33. The maximum Gasteiger partial charge on any atom is 0.247 e. The van der Waals surface area contributed by atoms with Crippen LogP contribution in [0.15, 0.2) is 48.2 Å². The largest absolute Gasteiger partial charge is 0.493 e. The van der Waals surface area contributed by atoms with Crippen molar-refractivity contribution in [2.24, 2.45) is 0 Å². The summed E-state index contributed by atoms with van der Waals surface area (Å²) in [6.07, 6.45) is 2.66. The van der Waals surface area contributed by atoms with Crippen molar-refractivity contribution in [1.29, 1.82) is 0 Å². The predicted octanol–water partition coefficient (Wildman–Crippen LogP) is 4.89. The first-order chi connectivity index (χ1) is 12.7. The van der Waals surface area contributed by atoms with Crippen molar-refractivity contribution in [3.05, 3.63) is 64.9 Å². The fraction of sp³-hybridized carbons (Fsp3) is 0.364. The first kappa shape index (κ1) is 16.8. The molecule has 2 aliphatic rings. The number of fused-ring (bicyclic) bond motifs is 1. The van der Waals surface area contributed by atoms with Gasteiger partial charge in [-0.2, -0.15) is 0 Å². The number of hydrogen-bond acceptors (Lipinski definition) is 4. The van der Waals surface area contributed by atoms with Crippen LogP contribution < -0.4 is 9.47 Å². The van der Waals surface area contributed by atoms with Gasteiger partial charge in [0.05, 0.1) is 20.1 Å². The summed E-state index contributed by atoms with van der Waals surface area (Å²) in [7, 11) is 3.28. The second kappa shape index (κ2) is 6.94. The summed E-state index contributed by atoms with van der Waals surface area (Å²) in [6.45, 7) is 2.09. The molecule has 0 fully saturated rings. The Morgan fingerprint density at radius 3 is 2.58 bits per heavy atom. The van der Waals surface area contributed by atoms with Crippen molar-refractivity contribution in [3.8, 4) is 11.5 Å². The van der Waals surface area contributed by atoms with Gasteiger partial charge in [-0.05, 0) is 42.2 Å². The van der Waals surface area contributed by atoms with Crippen LogP contribution in [0.1, 0.15) is 42.4 Å². The Morgan fingerprint density at radius 2 is 1.81 bits per heavy atom. The van der Waals surface area contributed by atoms with E-state index in [0.29, 0.717) is 11.5 Å². The van der Waals surface area contributed by atoms with Gasteiger partial charge in [0.25, 0.3) is 0 Å². The van der Waals surface area contributed by atoms with Gasteiger partial charge in [-0.15, -0.1) is 0 Å². The zero-order chi connectivity index (χ0) is 18.1. The Labute approximate surface area is 154 Å². The lowest BCUT2D eigenvalue weighted by Crippen LogP contribution is -2.18. The van der Waals surface area contributed by atoms with E-state index < -0.39 is 0 Å². The second-order valence-electron chi connectivity index (χ2n) is 6.62. The van der Waals surface area contributed by atoms with E-state index in [2.05, 4.69) is 31.2 Å². The summed E-state index contributed by atoms with van der Waals surface area (Å²) in [5.41, 5.74) is 3.71. The molecule has 136 valence electrons. The van der Waals surface area contributed by atoms with Gasteiger partial charge in [-0.3, -0.25) is 0 Å². The van der Waals surface area contributed by atoms with Crippen LogP contribution in [0.5, 0.6) is 11.5 Å². The van der Waals surface area contributed by atoms with Crippen LogP contribution in [0.4, 0.5) is 0 Å². The third-order valence-corrected chi connectivity index (χ3v) is 5.22. The second-order valence-corrected chi connectivity index (χ2v) is 6.62. The highest BCUT2D eigenvalue weighted by Gasteiger charge is 2.38. The first-order valence-electron chi connectivity index (χ1n) is 9.11. The van der Waals surface area contributed by atoms with Crippen molar-refractivity contribution in [2.45, 2.75) is 38.4 Å². The topological polar surface area (TPSA) is 36.9 Å². The van der Waals surface area contributed by atoms with Gasteiger partial charge in [0, 0.05) is 12.0 Å². The van der Waals surface area contributed by atoms with Crippen molar-refractivity contribution < 1.29 is 18.9 Å². The minimum atomic E-state index is -0.267. The maximum atomic E-state index is 6.33. The molecule has 4 rings (SSSR count). The van der Waals surface area contributed by atoms with Gasteiger partial charge >= 0.3 is 0 Å². The fourth-order valence-corrected chi connectivity index (χ4v) is 3.89. The monoisotopic (exact) mass is 352 g/mol. The fourth-order valence-electron chi connectivity index (χ4n) is 3.89. The van der Waals surface area contributed by atoms with Gasteiger partial charge in [0.2, 0.25) is 6.29 Å². The van der Waals surface area contributed by atoms with Gasteiger partial charge in [-0.1, -0.05) is 31.2 Å². The van der Waals surface area contributed by atoms with Crippen LogP contribution >= 0.6 is 0 Å². The van der Waals surface area contributed by atoms with Crippen LogP contribution in [0.2, 0.25) is 0 Å². The smallest absolute Gasteiger partial charge is 0.247 e. The van der Waals surface area contributed by atoms with E-state index in [1.54, 1.807) is 14.2 Å². The molecule has 1 heterocycles. The van der Waals surface area contributed by atoms with Crippen molar-refractivity contribution in [2.75, 3.05) is 14.2 Å². The average molecular weight is 352 g/mol. The summed E-state index contributed by atoms with van der Waals surface area (Å²) in [5.74, 6) is 3.36. The standard InChI is InChI=1S/C22H24O4/c1-4-18-21(15-10-12-19(23-2)20(13-15)24-3)26-22(25-18)17-11-9-14-7-5-6-8-16(14)17/h5-8,10,12-13,17,22H,4,9,11H2,1-3H3. The molecule has 0 N–H and O–H groups in total. The number of hydrogen-bond donors (Lipinski definition) is 0. The molecule has 0 spiro atoms. The lowest BCUT2D eigenvalue weighted by atomic mass is 10.0. The average Bonchev–Trinajstić information content (AvgIpc) is 3.31. The zero-order valence-corrected chi connectivity index (χ0v) is 15.5. The highest BCUT2D eigenvalue weighted by molar-refractivity contribution is 5.66. The third kappa shape index (κ3) is 2.79. The Bertz CT molecular complexity index is 840. The summed E-state index contributed by atoms with van der Waals surface area (Å²) in [6, 6.07) is 14.4. The molecule has 0 bridgehead atoms. The molecule has 0 radical (unpaired) electrons. The van der Waals surface area contributed by atoms with Crippen LogP contribution in [0, 0.1) is 0 Å².